The average molecular weight is 355 g/mol. The van der Waals surface area contributed by atoms with Gasteiger partial charge in [0.2, 0.25) is 0 Å². The lowest BCUT2D eigenvalue weighted by Crippen LogP contribution is -2.47. The van der Waals surface area contributed by atoms with Gasteiger partial charge < -0.3 is 19.5 Å². The van der Waals surface area contributed by atoms with Crippen LogP contribution in [0.1, 0.15) is 66.7 Å². The normalized spacial score (nSPS) is 27.2. The molecule has 1 saturated heterocycles. The van der Waals surface area contributed by atoms with Crippen LogP contribution in [0.15, 0.2) is 0 Å². The highest BCUT2D eigenvalue weighted by molar-refractivity contribution is 5.96. The van der Waals surface area contributed by atoms with Gasteiger partial charge in [0.15, 0.2) is 5.92 Å². The summed E-state index contributed by atoms with van der Waals surface area (Å²) in [4.78, 5) is 35.9. The van der Waals surface area contributed by atoms with Crippen molar-refractivity contribution < 1.29 is 28.6 Å². The van der Waals surface area contributed by atoms with Gasteiger partial charge in [-0.1, -0.05) is 0 Å². The van der Waals surface area contributed by atoms with Crippen molar-refractivity contribution in [3.05, 3.63) is 0 Å². The van der Waals surface area contributed by atoms with Crippen LogP contribution < -0.4 is 5.32 Å². The summed E-state index contributed by atoms with van der Waals surface area (Å²) in [5.74, 6) is -2.79. The van der Waals surface area contributed by atoms with Crippen molar-refractivity contribution in [3.8, 4) is 0 Å². The topological polar surface area (TPSA) is 90.9 Å². The molecular formula is C18H29NO6. The zero-order valence-electron chi connectivity index (χ0n) is 15.7. The fourth-order valence-electron chi connectivity index (χ4n) is 3.29. The standard InChI is InChI=1S/C18H29NO6/c1-17(2,3)25-16(22)19-12-8-6-11(7-9-12)10-13-14(20)23-18(4,5)24-15(13)21/h11-13H,6-10H2,1-5H3,(H,19,22)/t11-,12-. The maximum absolute atomic E-state index is 12.0. The number of carbonyl (C=O) groups is 3. The molecule has 142 valence electrons. The molecule has 1 N–H and O–H groups in total. The molecule has 2 rings (SSSR count). The molecule has 1 amide bonds. The number of amides is 1. The molecule has 0 unspecified atom stereocenters. The number of esters is 2. The number of hydrogen-bond donors (Lipinski definition) is 1. The van der Waals surface area contributed by atoms with Gasteiger partial charge in [-0.3, -0.25) is 9.59 Å². The molecule has 1 heterocycles. The Kier molecular flexibility index (Phi) is 5.64. The van der Waals surface area contributed by atoms with E-state index in [0.29, 0.717) is 6.42 Å². The molecule has 25 heavy (non-hydrogen) atoms. The van der Waals surface area contributed by atoms with Crippen LogP contribution in [0.25, 0.3) is 0 Å². The van der Waals surface area contributed by atoms with E-state index in [4.69, 9.17) is 14.2 Å². The lowest BCUT2D eigenvalue weighted by atomic mass is 9.80. The summed E-state index contributed by atoms with van der Waals surface area (Å²) in [6.45, 7) is 8.58. The van der Waals surface area contributed by atoms with Gasteiger partial charge in [-0.15, -0.1) is 0 Å². The van der Waals surface area contributed by atoms with Crippen molar-refractivity contribution in [2.75, 3.05) is 0 Å². The molecule has 1 saturated carbocycles. The highest BCUT2D eigenvalue weighted by Gasteiger charge is 2.44. The van der Waals surface area contributed by atoms with Gasteiger partial charge in [0.1, 0.15) is 5.60 Å². The van der Waals surface area contributed by atoms with Gasteiger partial charge >= 0.3 is 18.0 Å². The van der Waals surface area contributed by atoms with Gasteiger partial charge in [-0.2, -0.15) is 0 Å². The predicted octanol–water partition coefficient (Wildman–Crippen LogP) is 2.91. The second-order valence-corrected chi connectivity index (χ2v) is 8.39. The van der Waals surface area contributed by atoms with E-state index in [1.807, 2.05) is 20.8 Å². The summed E-state index contributed by atoms with van der Waals surface area (Å²) in [7, 11) is 0. The van der Waals surface area contributed by atoms with Crippen molar-refractivity contribution in [2.24, 2.45) is 11.8 Å². The SMILES string of the molecule is CC(C)(C)OC(=O)N[C@H]1CC[C@H](CC2C(=O)OC(C)(C)OC2=O)CC1. The maximum Gasteiger partial charge on any atom is 0.407 e. The molecule has 0 bridgehead atoms. The number of ether oxygens (including phenoxy) is 3. The monoisotopic (exact) mass is 355 g/mol. The molecule has 2 aliphatic rings. The summed E-state index contributed by atoms with van der Waals surface area (Å²) >= 11 is 0. The zero-order chi connectivity index (χ0) is 18.8. The molecule has 1 aliphatic heterocycles. The molecule has 0 radical (unpaired) electrons. The Morgan fingerprint density at radius 3 is 2.12 bits per heavy atom. The quantitative estimate of drug-likeness (QED) is 0.618. The molecule has 7 heteroatoms. The van der Waals surface area contributed by atoms with Crippen molar-refractivity contribution in [2.45, 2.75) is 84.2 Å². The Morgan fingerprint density at radius 2 is 1.64 bits per heavy atom. The van der Waals surface area contributed by atoms with E-state index >= 15 is 0 Å². The van der Waals surface area contributed by atoms with Crippen molar-refractivity contribution in [1.29, 1.82) is 0 Å². The number of nitrogens with one attached hydrogen (secondary N) is 1. The van der Waals surface area contributed by atoms with Gasteiger partial charge in [0.25, 0.3) is 5.79 Å². The van der Waals surface area contributed by atoms with Crippen LogP contribution >= 0.6 is 0 Å². The van der Waals surface area contributed by atoms with Crippen molar-refractivity contribution in [3.63, 3.8) is 0 Å². The second kappa shape index (κ2) is 7.22. The molecule has 7 nitrogen and oxygen atoms in total. The fourth-order valence-corrected chi connectivity index (χ4v) is 3.29. The van der Waals surface area contributed by atoms with E-state index in [-0.39, 0.29) is 12.0 Å². The summed E-state index contributed by atoms with van der Waals surface area (Å²) in [6, 6.07) is 0.0651. The van der Waals surface area contributed by atoms with Crippen LogP contribution in [0.5, 0.6) is 0 Å². The van der Waals surface area contributed by atoms with Crippen LogP contribution in [-0.4, -0.2) is 35.5 Å². The number of hydrogen-bond acceptors (Lipinski definition) is 6. The summed E-state index contributed by atoms with van der Waals surface area (Å²) in [5.41, 5.74) is -0.517. The average Bonchev–Trinajstić information content (AvgIpc) is 2.41. The van der Waals surface area contributed by atoms with E-state index in [2.05, 4.69) is 5.32 Å². The summed E-state index contributed by atoms with van der Waals surface area (Å²) in [5, 5.41) is 2.88. The first-order valence-corrected chi connectivity index (χ1v) is 8.90. The highest BCUT2D eigenvalue weighted by atomic mass is 16.7. The molecule has 1 aliphatic carbocycles. The lowest BCUT2D eigenvalue weighted by molar-refractivity contribution is -0.240. The first-order valence-electron chi connectivity index (χ1n) is 8.90. The third-order valence-corrected chi connectivity index (χ3v) is 4.40. The molecular weight excluding hydrogens is 326 g/mol. The molecule has 0 spiro atoms. The van der Waals surface area contributed by atoms with E-state index < -0.39 is 35.3 Å². The first kappa shape index (κ1) is 19.5. The Labute approximate surface area is 148 Å². The smallest absolute Gasteiger partial charge is 0.407 e. The number of rotatable bonds is 3. The van der Waals surface area contributed by atoms with E-state index in [1.165, 1.54) is 0 Å². The molecule has 0 aromatic rings. The first-order chi connectivity index (χ1) is 11.5. The number of cyclic esters (lactones) is 2. The van der Waals surface area contributed by atoms with Crippen LogP contribution in [0.4, 0.5) is 4.79 Å². The Hall–Kier alpha value is -1.79. The minimum Gasteiger partial charge on any atom is -0.444 e. The second-order valence-electron chi connectivity index (χ2n) is 8.39. The van der Waals surface area contributed by atoms with Crippen LogP contribution in [-0.2, 0) is 23.8 Å². The summed E-state index contributed by atoms with van der Waals surface area (Å²) in [6.07, 6.45) is 3.30. The highest BCUT2D eigenvalue weighted by Crippen LogP contribution is 2.33. The third-order valence-electron chi connectivity index (χ3n) is 4.40. The molecule has 0 aromatic carbocycles. The Morgan fingerprint density at radius 1 is 1.12 bits per heavy atom. The van der Waals surface area contributed by atoms with Gasteiger partial charge in [0.05, 0.1) is 0 Å². The third kappa shape index (κ3) is 5.90. The number of alkyl carbamates (subject to hydrolysis) is 1. The van der Waals surface area contributed by atoms with Crippen LogP contribution in [0.3, 0.4) is 0 Å². The fraction of sp³-hybridized carbons (Fsp3) is 0.833. The van der Waals surface area contributed by atoms with Gasteiger partial charge in [-0.25, -0.2) is 4.79 Å². The maximum atomic E-state index is 12.0. The minimum absolute atomic E-state index is 0.0651. The lowest BCUT2D eigenvalue weighted by Gasteiger charge is -2.35. The van der Waals surface area contributed by atoms with Crippen LogP contribution in [0.2, 0.25) is 0 Å². The van der Waals surface area contributed by atoms with E-state index in [1.54, 1.807) is 13.8 Å². The molecule has 0 atom stereocenters. The minimum atomic E-state index is -1.18. The van der Waals surface area contributed by atoms with Gasteiger partial charge in [0, 0.05) is 19.9 Å². The summed E-state index contributed by atoms with van der Waals surface area (Å²) < 4.78 is 15.6. The molecule has 0 aromatic heterocycles. The van der Waals surface area contributed by atoms with Crippen molar-refractivity contribution in [1.82, 2.24) is 5.32 Å². The van der Waals surface area contributed by atoms with E-state index in [0.717, 1.165) is 25.7 Å². The predicted molar refractivity (Wildman–Crippen MR) is 89.5 cm³/mol. The molecule has 2 fully saturated rings. The Bertz CT molecular complexity index is 508. The largest absolute Gasteiger partial charge is 0.444 e. The van der Waals surface area contributed by atoms with Gasteiger partial charge in [-0.05, 0) is 58.8 Å². The van der Waals surface area contributed by atoms with E-state index in [9.17, 15) is 14.4 Å². The van der Waals surface area contributed by atoms with Crippen LogP contribution in [0, 0.1) is 11.8 Å². The number of carbonyl (C=O) groups excluding carboxylic acids is 3. The Balaban J connectivity index is 1.78. The zero-order valence-corrected chi connectivity index (χ0v) is 15.7. The van der Waals surface area contributed by atoms with Crippen molar-refractivity contribution >= 4 is 18.0 Å².